The Morgan fingerprint density at radius 1 is 1.17 bits per heavy atom. The van der Waals surface area contributed by atoms with Gasteiger partial charge in [0.25, 0.3) is 5.56 Å². The molecule has 0 unspecified atom stereocenters. The van der Waals surface area contributed by atoms with Crippen molar-refractivity contribution in [1.29, 1.82) is 0 Å². The van der Waals surface area contributed by atoms with E-state index in [0.29, 0.717) is 6.42 Å². The first-order valence-electron chi connectivity index (χ1n) is 10.8. The molecule has 1 aromatic heterocycles. The molecule has 1 amide bonds. The van der Waals surface area contributed by atoms with Gasteiger partial charge in [0.15, 0.2) is 0 Å². The van der Waals surface area contributed by atoms with Crippen molar-refractivity contribution in [1.82, 2.24) is 19.8 Å². The van der Waals surface area contributed by atoms with Gasteiger partial charge >= 0.3 is 0 Å². The minimum Gasteiger partial charge on any atom is -0.343 e. The van der Waals surface area contributed by atoms with E-state index < -0.39 is 0 Å². The predicted molar refractivity (Wildman–Crippen MR) is 113 cm³/mol. The van der Waals surface area contributed by atoms with Gasteiger partial charge in [-0.05, 0) is 31.2 Å². The summed E-state index contributed by atoms with van der Waals surface area (Å²) in [5.41, 5.74) is 3.07. The van der Waals surface area contributed by atoms with Gasteiger partial charge < -0.3 is 9.88 Å². The number of benzene rings is 1. The van der Waals surface area contributed by atoms with Crippen LogP contribution in [0.5, 0.6) is 0 Å². The molecule has 1 fully saturated rings. The first-order valence-corrected chi connectivity index (χ1v) is 10.8. The summed E-state index contributed by atoms with van der Waals surface area (Å²) >= 11 is 0. The summed E-state index contributed by atoms with van der Waals surface area (Å²) in [6, 6.07) is 10.4. The molecule has 1 N–H and O–H groups in total. The lowest BCUT2D eigenvalue weighted by atomic mass is 9.95. The van der Waals surface area contributed by atoms with E-state index in [-0.39, 0.29) is 17.4 Å². The van der Waals surface area contributed by atoms with Crippen LogP contribution in [0, 0.1) is 0 Å². The molecule has 0 bridgehead atoms. The van der Waals surface area contributed by atoms with Crippen LogP contribution in [-0.2, 0) is 24.3 Å². The second-order valence-corrected chi connectivity index (χ2v) is 8.23. The molecule has 2 aliphatic heterocycles. The van der Waals surface area contributed by atoms with Crippen molar-refractivity contribution in [2.75, 3.05) is 19.6 Å². The lowest BCUT2D eigenvalue weighted by molar-refractivity contribution is -0.132. The molecule has 0 saturated carbocycles. The summed E-state index contributed by atoms with van der Waals surface area (Å²) in [7, 11) is 0. The lowest BCUT2D eigenvalue weighted by Gasteiger charge is -2.32. The fourth-order valence-corrected chi connectivity index (χ4v) is 4.46. The average Bonchev–Trinajstić information content (AvgIpc) is 2.74. The molecule has 6 nitrogen and oxygen atoms in total. The third-order valence-corrected chi connectivity index (χ3v) is 6.12. The Kier molecular flexibility index (Phi) is 6.09. The first kappa shape index (κ1) is 19.8. The highest BCUT2D eigenvalue weighted by Crippen LogP contribution is 2.27. The van der Waals surface area contributed by atoms with E-state index in [4.69, 9.17) is 4.98 Å². The van der Waals surface area contributed by atoms with Gasteiger partial charge in [0.1, 0.15) is 5.82 Å². The van der Waals surface area contributed by atoms with Gasteiger partial charge in [-0.25, -0.2) is 4.98 Å². The SMILES string of the molecule is CCCC(=O)N1CCC(c2nc3c(c(=O)[nH]2)CCN(Cc2ccccc2)C3)CC1. The Morgan fingerprint density at radius 3 is 2.66 bits per heavy atom. The van der Waals surface area contributed by atoms with Gasteiger partial charge in [0.05, 0.1) is 5.69 Å². The number of hydrogen-bond donors (Lipinski definition) is 1. The average molecular weight is 395 g/mol. The van der Waals surface area contributed by atoms with E-state index in [1.807, 2.05) is 17.9 Å². The van der Waals surface area contributed by atoms with Crippen molar-refractivity contribution in [3.8, 4) is 0 Å². The third kappa shape index (κ3) is 4.58. The Balaban J connectivity index is 1.45. The van der Waals surface area contributed by atoms with Crippen LogP contribution in [0.15, 0.2) is 35.1 Å². The number of nitrogens with zero attached hydrogens (tertiary/aromatic N) is 3. The fraction of sp³-hybridized carbons (Fsp3) is 0.522. The number of aromatic amines is 1. The second kappa shape index (κ2) is 8.91. The van der Waals surface area contributed by atoms with E-state index in [1.165, 1.54) is 5.56 Å². The number of hydrogen-bond acceptors (Lipinski definition) is 4. The highest BCUT2D eigenvalue weighted by Gasteiger charge is 2.27. The van der Waals surface area contributed by atoms with E-state index >= 15 is 0 Å². The summed E-state index contributed by atoms with van der Waals surface area (Å²) in [6.45, 7) is 6.02. The molecule has 6 heteroatoms. The van der Waals surface area contributed by atoms with Crippen LogP contribution >= 0.6 is 0 Å². The topological polar surface area (TPSA) is 69.3 Å². The largest absolute Gasteiger partial charge is 0.343 e. The Hall–Kier alpha value is -2.47. The van der Waals surface area contributed by atoms with Gasteiger partial charge in [-0.2, -0.15) is 0 Å². The molecule has 29 heavy (non-hydrogen) atoms. The molecule has 0 aliphatic carbocycles. The third-order valence-electron chi connectivity index (χ3n) is 6.12. The van der Waals surface area contributed by atoms with E-state index in [9.17, 15) is 9.59 Å². The summed E-state index contributed by atoms with van der Waals surface area (Å²) in [6.07, 6.45) is 3.98. The summed E-state index contributed by atoms with van der Waals surface area (Å²) < 4.78 is 0. The number of H-pyrrole nitrogens is 1. The second-order valence-electron chi connectivity index (χ2n) is 8.23. The van der Waals surface area contributed by atoms with Gasteiger partial charge in [0, 0.05) is 50.6 Å². The highest BCUT2D eigenvalue weighted by atomic mass is 16.2. The number of fused-ring (bicyclic) bond motifs is 1. The summed E-state index contributed by atoms with van der Waals surface area (Å²) in [4.78, 5) is 37.1. The molecule has 0 radical (unpaired) electrons. The maximum Gasteiger partial charge on any atom is 0.254 e. The zero-order valence-corrected chi connectivity index (χ0v) is 17.2. The Bertz CT molecular complexity index is 901. The monoisotopic (exact) mass is 394 g/mol. The minimum absolute atomic E-state index is 0.0221. The summed E-state index contributed by atoms with van der Waals surface area (Å²) in [5, 5.41) is 0. The summed E-state index contributed by atoms with van der Waals surface area (Å²) in [5.74, 6) is 1.27. The molecular formula is C23H30N4O2. The van der Waals surface area contributed by atoms with E-state index in [0.717, 1.165) is 75.5 Å². The van der Waals surface area contributed by atoms with Gasteiger partial charge in [-0.15, -0.1) is 0 Å². The number of nitrogens with one attached hydrogen (secondary N) is 1. The van der Waals surface area contributed by atoms with E-state index in [1.54, 1.807) is 0 Å². The number of carbonyl (C=O) groups excluding carboxylic acids is 1. The molecule has 154 valence electrons. The molecule has 0 atom stereocenters. The fourth-order valence-electron chi connectivity index (χ4n) is 4.46. The van der Waals surface area contributed by atoms with Crippen LogP contribution in [0.2, 0.25) is 0 Å². The Morgan fingerprint density at radius 2 is 1.93 bits per heavy atom. The van der Waals surface area contributed by atoms with Crippen LogP contribution in [0.4, 0.5) is 0 Å². The molecule has 2 aromatic rings. The quantitative estimate of drug-likeness (QED) is 0.847. The maximum absolute atomic E-state index is 12.7. The number of rotatable bonds is 5. The number of piperidine rings is 1. The van der Waals surface area contributed by atoms with Gasteiger partial charge in [-0.3, -0.25) is 14.5 Å². The first-order chi connectivity index (χ1) is 14.1. The molecule has 4 rings (SSSR count). The molecule has 3 heterocycles. The normalized spacial score (nSPS) is 17.9. The predicted octanol–water partition coefficient (Wildman–Crippen LogP) is 2.83. The van der Waals surface area contributed by atoms with Gasteiger partial charge in [-0.1, -0.05) is 37.3 Å². The van der Waals surface area contributed by atoms with Crippen molar-refractivity contribution in [2.24, 2.45) is 0 Å². The molecule has 1 aromatic carbocycles. The molecular weight excluding hydrogens is 364 g/mol. The number of amides is 1. The van der Waals surface area contributed by atoms with Crippen molar-refractivity contribution in [3.63, 3.8) is 0 Å². The van der Waals surface area contributed by atoms with Crippen LogP contribution in [0.25, 0.3) is 0 Å². The molecule has 2 aliphatic rings. The lowest BCUT2D eigenvalue weighted by Crippen LogP contribution is -2.39. The van der Waals surface area contributed by atoms with Crippen molar-refractivity contribution in [3.05, 3.63) is 63.3 Å². The molecule has 1 saturated heterocycles. The standard InChI is InChI=1S/C23H30N4O2/c1-2-6-21(28)27-13-9-18(10-14-27)22-24-20-16-26(12-11-19(20)23(29)25-22)15-17-7-4-3-5-8-17/h3-5,7-8,18H,2,6,9-16H2,1H3,(H,24,25,29). The van der Waals surface area contributed by atoms with Crippen molar-refractivity contribution >= 4 is 5.91 Å². The number of likely N-dealkylation sites (tertiary alicyclic amines) is 1. The van der Waals surface area contributed by atoms with Crippen molar-refractivity contribution in [2.45, 2.75) is 58.0 Å². The smallest absolute Gasteiger partial charge is 0.254 e. The number of carbonyl (C=O) groups is 1. The van der Waals surface area contributed by atoms with Gasteiger partial charge in [0.2, 0.25) is 5.91 Å². The number of aromatic nitrogens is 2. The Labute approximate surface area is 172 Å². The molecule has 0 spiro atoms. The van der Waals surface area contributed by atoms with Crippen LogP contribution < -0.4 is 5.56 Å². The van der Waals surface area contributed by atoms with Crippen molar-refractivity contribution < 1.29 is 4.79 Å². The zero-order chi connectivity index (χ0) is 20.2. The van der Waals surface area contributed by atoms with Crippen LogP contribution in [0.3, 0.4) is 0 Å². The zero-order valence-electron chi connectivity index (χ0n) is 17.2. The minimum atomic E-state index is 0.0221. The van der Waals surface area contributed by atoms with Crippen LogP contribution in [0.1, 0.15) is 61.2 Å². The highest BCUT2D eigenvalue weighted by molar-refractivity contribution is 5.76. The maximum atomic E-state index is 12.7. The van der Waals surface area contributed by atoms with E-state index in [2.05, 4.69) is 34.1 Å². The van der Waals surface area contributed by atoms with Crippen LogP contribution in [-0.4, -0.2) is 45.3 Å².